The van der Waals surface area contributed by atoms with E-state index in [1.54, 1.807) is 12.1 Å². The number of carbonyl (C=O) groups is 2. The van der Waals surface area contributed by atoms with E-state index in [9.17, 15) is 9.59 Å². The van der Waals surface area contributed by atoms with Crippen LogP contribution in [0.3, 0.4) is 0 Å². The van der Waals surface area contributed by atoms with E-state index in [1.165, 1.54) is 6.42 Å². The standard InChI is InChI=1S/C15H20ClNO3S/c1-9-4-3-5-11(10(9)2)17-14(18)8-20-15(19)12-6-7-13(16)21-12/h6-7,9-11H,3-5,8H2,1-2H3,(H,17,18)/t9-,10+,11+/m0/s1. The molecule has 1 aliphatic rings. The molecule has 116 valence electrons. The third-order valence-electron chi connectivity index (χ3n) is 4.16. The van der Waals surface area contributed by atoms with Crippen LogP contribution in [0, 0.1) is 11.8 Å². The summed E-state index contributed by atoms with van der Waals surface area (Å²) < 4.78 is 5.53. The van der Waals surface area contributed by atoms with Gasteiger partial charge in [0.1, 0.15) is 4.88 Å². The first kappa shape index (κ1) is 16.3. The van der Waals surface area contributed by atoms with Crippen LogP contribution in [0.2, 0.25) is 4.34 Å². The summed E-state index contributed by atoms with van der Waals surface area (Å²) >= 11 is 6.90. The van der Waals surface area contributed by atoms with Gasteiger partial charge in [0.05, 0.1) is 4.34 Å². The number of nitrogens with one attached hydrogen (secondary N) is 1. The molecule has 4 nitrogen and oxygen atoms in total. The Hall–Kier alpha value is -1.07. The Balaban J connectivity index is 1.78. The summed E-state index contributed by atoms with van der Waals surface area (Å²) in [7, 11) is 0. The highest BCUT2D eigenvalue weighted by molar-refractivity contribution is 7.17. The Morgan fingerprint density at radius 1 is 1.38 bits per heavy atom. The fourth-order valence-corrected chi connectivity index (χ4v) is 3.60. The van der Waals surface area contributed by atoms with Gasteiger partial charge in [0.15, 0.2) is 6.61 Å². The van der Waals surface area contributed by atoms with E-state index in [4.69, 9.17) is 16.3 Å². The van der Waals surface area contributed by atoms with Gasteiger partial charge in [-0.25, -0.2) is 4.79 Å². The van der Waals surface area contributed by atoms with Crippen LogP contribution in [-0.4, -0.2) is 24.5 Å². The minimum Gasteiger partial charge on any atom is -0.451 e. The minimum atomic E-state index is -0.507. The highest BCUT2D eigenvalue weighted by atomic mass is 35.5. The molecule has 1 saturated carbocycles. The lowest BCUT2D eigenvalue weighted by molar-refractivity contribution is -0.125. The smallest absolute Gasteiger partial charge is 0.348 e. The third-order valence-corrected chi connectivity index (χ3v) is 5.37. The lowest BCUT2D eigenvalue weighted by atomic mass is 9.78. The number of amides is 1. The van der Waals surface area contributed by atoms with Crippen LogP contribution < -0.4 is 5.32 Å². The Morgan fingerprint density at radius 3 is 2.81 bits per heavy atom. The Morgan fingerprint density at radius 2 is 2.14 bits per heavy atom. The minimum absolute atomic E-state index is 0.177. The average molecular weight is 330 g/mol. The summed E-state index contributed by atoms with van der Waals surface area (Å²) in [6.45, 7) is 4.13. The maximum absolute atomic E-state index is 11.9. The van der Waals surface area contributed by atoms with Crippen molar-refractivity contribution in [2.45, 2.75) is 39.2 Å². The van der Waals surface area contributed by atoms with Crippen molar-refractivity contribution in [3.63, 3.8) is 0 Å². The molecule has 0 saturated heterocycles. The molecule has 1 aromatic rings. The van der Waals surface area contributed by atoms with Gasteiger partial charge in [-0.15, -0.1) is 11.3 Å². The molecule has 6 heteroatoms. The highest BCUT2D eigenvalue weighted by Crippen LogP contribution is 2.29. The van der Waals surface area contributed by atoms with Crippen molar-refractivity contribution in [3.05, 3.63) is 21.3 Å². The summed E-state index contributed by atoms with van der Waals surface area (Å²) in [4.78, 5) is 24.0. The largest absolute Gasteiger partial charge is 0.451 e. The molecule has 1 aromatic heterocycles. The maximum atomic E-state index is 11.9. The van der Waals surface area contributed by atoms with Gasteiger partial charge in [-0.1, -0.05) is 38.3 Å². The molecular formula is C15H20ClNO3S. The molecular weight excluding hydrogens is 310 g/mol. The van der Waals surface area contributed by atoms with Gasteiger partial charge in [0.25, 0.3) is 5.91 Å². The normalized spacial score (nSPS) is 25.4. The van der Waals surface area contributed by atoms with Gasteiger partial charge in [0.2, 0.25) is 0 Å². The quantitative estimate of drug-likeness (QED) is 0.860. The molecule has 0 unspecified atom stereocenters. The monoisotopic (exact) mass is 329 g/mol. The molecule has 1 aliphatic carbocycles. The van der Waals surface area contributed by atoms with Crippen LogP contribution in [0.25, 0.3) is 0 Å². The molecule has 0 aromatic carbocycles. The van der Waals surface area contributed by atoms with Crippen molar-refractivity contribution < 1.29 is 14.3 Å². The van der Waals surface area contributed by atoms with Gasteiger partial charge in [-0.3, -0.25) is 4.79 Å². The molecule has 0 spiro atoms. The lowest BCUT2D eigenvalue weighted by Crippen LogP contribution is -2.45. The van der Waals surface area contributed by atoms with E-state index >= 15 is 0 Å². The Bertz CT molecular complexity index is 517. The molecule has 0 aliphatic heterocycles. The summed E-state index contributed by atoms with van der Waals surface area (Å²) in [5.74, 6) is 0.318. The van der Waals surface area contributed by atoms with Crippen LogP contribution in [0.1, 0.15) is 42.8 Å². The second-order valence-corrected chi connectivity index (χ2v) is 7.34. The molecule has 1 N–H and O–H groups in total. The summed E-state index contributed by atoms with van der Waals surface area (Å²) in [5, 5.41) is 2.97. The second kappa shape index (κ2) is 7.27. The van der Waals surface area contributed by atoms with E-state index in [2.05, 4.69) is 19.2 Å². The van der Waals surface area contributed by atoms with Crippen molar-refractivity contribution >= 4 is 34.8 Å². The molecule has 3 atom stereocenters. The number of ether oxygens (including phenoxy) is 1. The summed E-state index contributed by atoms with van der Waals surface area (Å²) in [6, 6.07) is 3.41. The zero-order chi connectivity index (χ0) is 15.4. The first-order valence-corrected chi connectivity index (χ1v) is 8.38. The SMILES string of the molecule is C[C@@H]1[C@@H](C)CCC[C@H]1NC(=O)COC(=O)c1ccc(Cl)s1. The van der Waals surface area contributed by atoms with Crippen molar-refractivity contribution in [2.75, 3.05) is 6.61 Å². The third kappa shape index (κ3) is 4.45. The number of rotatable bonds is 4. The summed E-state index contributed by atoms with van der Waals surface area (Å²) in [5.41, 5.74) is 0. The first-order valence-electron chi connectivity index (χ1n) is 7.19. The Labute approximate surface area is 133 Å². The molecule has 0 radical (unpaired) electrons. The van der Waals surface area contributed by atoms with Gasteiger partial charge in [-0.2, -0.15) is 0 Å². The predicted molar refractivity (Wildman–Crippen MR) is 83.7 cm³/mol. The van der Waals surface area contributed by atoms with Gasteiger partial charge in [0, 0.05) is 6.04 Å². The number of esters is 1. The van der Waals surface area contributed by atoms with Gasteiger partial charge in [-0.05, 0) is 30.4 Å². The van der Waals surface area contributed by atoms with Crippen molar-refractivity contribution in [2.24, 2.45) is 11.8 Å². The topological polar surface area (TPSA) is 55.4 Å². The molecule has 1 heterocycles. The van der Waals surface area contributed by atoms with Crippen molar-refractivity contribution in [1.29, 1.82) is 0 Å². The highest BCUT2D eigenvalue weighted by Gasteiger charge is 2.28. The predicted octanol–water partition coefficient (Wildman–Crippen LogP) is 3.50. The van der Waals surface area contributed by atoms with Crippen LogP contribution in [-0.2, 0) is 9.53 Å². The van der Waals surface area contributed by atoms with E-state index in [1.807, 2.05) is 0 Å². The maximum Gasteiger partial charge on any atom is 0.348 e. The number of hydrogen-bond acceptors (Lipinski definition) is 4. The number of carbonyl (C=O) groups excluding carboxylic acids is 2. The first-order chi connectivity index (χ1) is 9.97. The fourth-order valence-electron chi connectivity index (χ4n) is 2.66. The van der Waals surface area contributed by atoms with Gasteiger partial charge >= 0.3 is 5.97 Å². The average Bonchev–Trinajstić information content (AvgIpc) is 2.88. The van der Waals surface area contributed by atoms with Gasteiger partial charge < -0.3 is 10.1 Å². The van der Waals surface area contributed by atoms with E-state index < -0.39 is 5.97 Å². The van der Waals surface area contributed by atoms with Crippen LogP contribution in [0.5, 0.6) is 0 Å². The molecule has 1 fully saturated rings. The van der Waals surface area contributed by atoms with Crippen molar-refractivity contribution in [3.8, 4) is 0 Å². The Kier molecular flexibility index (Phi) is 5.65. The molecule has 0 bridgehead atoms. The van der Waals surface area contributed by atoms with E-state index in [-0.39, 0.29) is 18.6 Å². The zero-order valence-corrected chi connectivity index (χ0v) is 13.8. The molecule has 2 rings (SSSR count). The van der Waals surface area contributed by atoms with E-state index in [0.29, 0.717) is 21.0 Å². The van der Waals surface area contributed by atoms with Crippen LogP contribution in [0.15, 0.2) is 12.1 Å². The van der Waals surface area contributed by atoms with Crippen molar-refractivity contribution in [1.82, 2.24) is 5.32 Å². The van der Waals surface area contributed by atoms with E-state index in [0.717, 1.165) is 24.2 Å². The fraction of sp³-hybridized carbons (Fsp3) is 0.600. The number of hydrogen-bond donors (Lipinski definition) is 1. The van der Waals surface area contributed by atoms with Crippen LogP contribution >= 0.6 is 22.9 Å². The molecule has 21 heavy (non-hydrogen) atoms. The summed E-state index contributed by atoms with van der Waals surface area (Å²) in [6.07, 6.45) is 3.33. The lowest BCUT2D eigenvalue weighted by Gasteiger charge is -2.34. The zero-order valence-electron chi connectivity index (χ0n) is 12.2. The molecule has 1 amide bonds. The number of halogens is 1. The number of thiophene rings is 1. The second-order valence-electron chi connectivity index (χ2n) is 5.62. The van der Waals surface area contributed by atoms with Crippen LogP contribution in [0.4, 0.5) is 0 Å².